The minimum Gasteiger partial charge on any atom is -0.378 e. The minimum atomic E-state index is 0.263. The monoisotopic (exact) mass is 407 g/mol. The molecule has 2 aliphatic carbocycles. The van der Waals surface area contributed by atoms with Crippen molar-refractivity contribution in [3.8, 4) is 0 Å². The Kier molecular flexibility index (Phi) is 6.16. The predicted molar refractivity (Wildman–Crippen MR) is 111 cm³/mol. The summed E-state index contributed by atoms with van der Waals surface area (Å²) >= 11 is 1.55. The van der Waals surface area contributed by atoms with E-state index < -0.39 is 0 Å². The number of thioether (sulfide) groups is 1. The molecule has 1 saturated heterocycles. The number of rotatable bonds is 9. The highest BCUT2D eigenvalue weighted by atomic mass is 32.2. The van der Waals surface area contributed by atoms with Crippen molar-refractivity contribution in [1.82, 2.24) is 19.7 Å². The second kappa shape index (κ2) is 8.61. The third-order valence-electron chi connectivity index (χ3n) is 5.83. The number of amides is 1. The van der Waals surface area contributed by atoms with Gasteiger partial charge in [0.1, 0.15) is 0 Å². The van der Waals surface area contributed by atoms with Crippen LogP contribution in [0.3, 0.4) is 0 Å². The second-order valence-corrected chi connectivity index (χ2v) is 9.73. The van der Waals surface area contributed by atoms with Crippen LogP contribution in [0.4, 0.5) is 5.95 Å². The molecule has 1 atom stereocenters. The molecule has 1 aromatic rings. The Balaban J connectivity index is 1.44. The van der Waals surface area contributed by atoms with Crippen LogP contribution in [0.15, 0.2) is 5.16 Å². The maximum atomic E-state index is 13.0. The summed E-state index contributed by atoms with van der Waals surface area (Å²) in [6, 6.07) is 0.860. The lowest BCUT2D eigenvalue weighted by atomic mass is 10.2. The summed E-state index contributed by atoms with van der Waals surface area (Å²) in [6.07, 6.45) is 4.88. The fourth-order valence-corrected chi connectivity index (χ4v) is 4.84. The molecule has 0 bridgehead atoms. The first-order valence-corrected chi connectivity index (χ1v) is 11.7. The van der Waals surface area contributed by atoms with E-state index in [1.165, 1.54) is 12.8 Å². The summed E-state index contributed by atoms with van der Waals surface area (Å²) < 4.78 is 7.67. The molecule has 1 amide bonds. The van der Waals surface area contributed by atoms with Gasteiger partial charge in [0.25, 0.3) is 0 Å². The van der Waals surface area contributed by atoms with Gasteiger partial charge < -0.3 is 14.5 Å². The lowest BCUT2D eigenvalue weighted by Crippen LogP contribution is -2.42. The van der Waals surface area contributed by atoms with Gasteiger partial charge in [0.2, 0.25) is 11.9 Å². The molecule has 8 heteroatoms. The Morgan fingerprint density at radius 1 is 1.18 bits per heavy atom. The average molecular weight is 408 g/mol. The number of carbonyl (C=O) groups is 1. The molecule has 0 aromatic carbocycles. The number of aromatic nitrogens is 3. The fraction of sp³-hybridized carbons (Fsp3) is 0.850. The number of hydrogen-bond acceptors (Lipinski definition) is 6. The summed E-state index contributed by atoms with van der Waals surface area (Å²) in [5.41, 5.74) is 0. The molecular formula is C20H33N5O2S. The average Bonchev–Trinajstić information content (AvgIpc) is 3.59. The molecular weight excluding hydrogens is 374 g/mol. The number of carbonyl (C=O) groups excluding carboxylic acids is 1. The van der Waals surface area contributed by atoms with Crippen molar-refractivity contribution in [2.45, 2.75) is 70.2 Å². The molecule has 0 N–H and O–H groups in total. The van der Waals surface area contributed by atoms with E-state index in [4.69, 9.17) is 4.74 Å². The summed E-state index contributed by atoms with van der Waals surface area (Å²) in [5.74, 6) is 2.83. The fourth-order valence-electron chi connectivity index (χ4n) is 4.03. The van der Waals surface area contributed by atoms with Crippen molar-refractivity contribution in [3.05, 3.63) is 0 Å². The Bertz CT molecular complexity index is 680. The van der Waals surface area contributed by atoms with Crippen molar-refractivity contribution < 1.29 is 9.53 Å². The van der Waals surface area contributed by atoms with E-state index in [2.05, 4.69) is 45.3 Å². The molecule has 156 valence electrons. The molecule has 0 spiro atoms. The van der Waals surface area contributed by atoms with E-state index in [0.717, 1.165) is 56.8 Å². The minimum absolute atomic E-state index is 0.263. The van der Waals surface area contributed by atoms with Crippen molar-refractivity contribution in [3.63, 3.8) is 0 Å². The summed E-state index contributed by atoms with van der Waals surface area (Å²) in [7, 11) is 0. The van der Waals surface area contributed by atoms with Crippen molar-refractivity contribution in [2.75, 3.05) is 37.0 Å². The molecule has 2 heterocycles. The van der Waals surface area contributed by atoms with Gasteiger partial charge in [0.05, 0.1) is 19.0 Å². The number of anilines is 1. The van der Waals surface area contributed by atoms with Crippen LogP contribution >= 0.6 is 11.8 Å². The van der Waals surface area contributed by atoms with Gasteiger partial charge >= 0.3 is 0 Å². The first-order valence-electron chi connectivity index (χ1n) is 10.7. The number of nitrogens with zero attached hydrogens (tertiary/aromatic N) is 5. The third-order valence-corrected chi connectivity index (χ3v) is 6.79. The van der Waals surface area contributed by atoms with Gasteiger partial charge in [-0.2, -0.15) is 0 Å². The quantitative estimate of drug-likeness (QED) is 0.587. The molecule has 7 nitrogen and oxygen atoms in total. The van der Waals surface area contributed by atoms with Crippen LogP contribution in [0.25, 0.3) is 0 Å². The van der Waals surface area contributed by atoms with Crippen LogP contribution in [0.1, 0.15) is 46.5 Å². The molecule has 4 rings (SSSR count). The second-order valence-electron chi connectivity index (χ2n) is 8.79. The summed E-state index contributed by atoms with van der Waals surface area (Å²) in [4.78, 5) is 17.5. The Hall–Kier alpha value is -1.28. The van der Waals surface area contributed by atoms with Crippen LogP contribution in [0.2, 0.25) is 0 Å². The van der Waals surface area contributed by atoms with Crippen molar-refractivity contribution >= 4 is 23.6 Å². The lowest BCUT2D eigenvalue weighted by molar-refractivity contribution is -0.131. The first-order chi connectivity index (χ1) is 13.5. The van der Waals surface area contributed by atoms with E-state index in [0.29, 0.717) is 29.7 Å². The van der Waals surface area contributed by atoms with Crippen molar-refractivity contribution in [2.24, 2.45) is 11.8 Å². The topological polar surface area (TPSA) is 63.5 Å². The third kappa shape index (κ3) is 4.64. The highest BCUT2D eigenvalue weighted by molar-refractivity contribution is 7.99. The van der Waals surface area contributed by atoms with E-state index in [1.807, 2.05) is 0 Å². The molecule has 0 radical (unpaired) electrons. The van der Waals surface area contributed by atoms with E-state index in [1.54, 1.807) is 11.8 Å². The standard InChI is InChI=1S/C20H33N5O2S/c1-14(2)12-24-19(23-8-10-27-11-9-23)21-22-20(24)28-13-18(26)25(17-6-7-17)15(3)16-4-5-16/h14-17H,4-13H2,1-3H3. The SMILES string of the molecule is CC(C)Cn1c(SCC(=O)N(C2CC2)C(C)C2CC2)nnc1N1CCOCC1. The Labute approximate surface area is 172 Å². The number of hydrogen-bond donors (Lipinski definition) is 0. The molecule has 28 heavy (non-hydrogen) atoms. The van der Waals surface area contributed by atoms with Crippen LogP contribution in [0.5, 0.6) is 0 Å². The molecule has 1 aromatic heterocycles. The summed E-state index contributed by atoms with van der Waals surface area (Å²) in [5, 5.41) is 9.78. The van der Waals surface area contributed by atoms with Gasteiger partial charge in [-0.15, -0.1) is 10.2 Å². The number of morpholine rings is 1. The molecule has 1 unspecified atom stereocenters. The van der Waals surface area contributed by atoms with E-state index >= 15 is 0 Å². The van der Waals surface area contributed by atoms with Crippen LogP contribution < -0.4 is 4.90 Å². The van der Waals surface area contributed by atoms with Gasteiger partial charge in [0, 0.05) is 31.7 Å². The van der Waals surface area contributed by atoms with E-state index in [-0.39, 0.29) is 5.91 Å². The highest BCUT2D eigenvalue weighted by Gasteiger charge is 2.41. The van der Waals surface area contributed by atoms with Gasteiger partial charge in [-0.3, -0.25) is 9.36 Å². The normalized spacial score (nSPS) is 21.2. The zero-order chi connectivity index (χ0) is 19.7. The lowest BCUT2D eigenvalue weighted by Gasteiger charge is -2.30. The van der Waals surface area contributed by atoms with Crippen molar-refractivity contribution in [1.29, 1.82) is 0 Å². The van der Waals surface area contributed by atoms with Gasteiger partial charge in [0.15, 0.2) is 5.16 Å². The number of ether oxygens (including phenoxy) is 1. The van der Waals surface area contributed by atoms with Gasteiger partial charge in [-0.25, -0.2) is 0 Å². The maximum absolute atomic E-state index is 13.0. The van der Waals surface area contributed by atoms with Gasteiger partial charge in [-0.05, 0) is 44.4 Å². The molecule has 1 aliphatic heterocycles. The van der Waals surface area contributed by atoms with Crippen LogP contribution in [-0.4, -0.2) is 69.7 Å². The smallest absolute Gasteiger partial charge is 0.233 e. The van der Waals surface area contributed by atoms with Crippen LogP contribution in [-0.2, 0) is 16.1 Å². The van der Waals surface area contributed by atoms with Crippen LogP contribution in [0, 0.1) is 11.8 Å². The van der Waals surface area contributed by atoms with Gasteiger partial charge in [-0.1, -0.05) is 25.6 Å². The summed E-state index contributed by atoms with van der Waals surface area (Å²) in [6.45, 7) is 10.6. The first kappa shape index (κ1) is 20.0. The predicted octanol–water partition coefficient (Wildman–Crippen LogP) is 2.65. The van der Waals surface area contributed by atoms with E-state index in [9.17, 15) is 4.79 Å². The maximum Gasteiger partial charge on any atom is 0.233 e. The zero-order valence-electron chi connectivity index (χ0n) is 17.3. The highest BCUT2D eigenvalue weighted by Crippen LogP contribution is 2.40. The Morgan fingerprint density at radius 3 is 2.50 bits per heavy atom. The zero-order valence-corrected chi connectivity index (χ0v) is 18.2. The Morgan fingerprint density at radius 2 is 1.89 bits per heavy atom. The molecule has 3 fully saturated rings. The molecule has 2 saturated carbocycles. The largest absolute Gasteiger partial charge is 0.378 e. The molecule has 3 aliphatic rings.